The second-order valence-corrected chi connectivity index (χ2v) is 4.42. The van der Waals surface area contributed by atoms with Crippen molar-refractivity contribution in [3.63, 3.8) is 0 Å². The number of nitrogens with two attached hydrogens (primary N) is 1. The summed E-state index contributed by atoms with van der Waals surface area (Å²) in [7, 11) is 0. The van der Waals surface area contributed by atoms with E-state index in [0.29, 0.717) is 23.2 Å². The largest absolute Gasteiger partial charge is 0.444 e. The van der Waals surface area contributed by atoms with Crippen LogP contribution in [0.15, 0.2) is 33.2 Å². The number of benzene rings is 1. The Morgan fingerprint density at radius 1 is 1.32 bits per heavy atom. The van der Waals surface area contributed by atoms with Gasteiger partial charge < -0.3 is 19.9 Å². The predicted octanol–water partition coefficient (Wildman–Crippen LogP) is 2.88. The lowest BCUT2D eigenvalue weighted by atomic mass is 10.3. The van der Waals surface area contributed by atoms with Gasteiger partial charge in [0.05, 0.1) is 6.20 Å². The van der Waals surface area contributed by atoms with Crippen LogP contribution in [0, 0.1) is 6.92 Å². The van der Waals surface area contributed by atoms with Crippen LogP contribution in [0.3, 0.4) is 0 Å². The van der Waals surface area contributed by atoms with Crippen molar-refractivity contribution in [1.82, 2.24) is 9.97 Å². The van der Waals surface area contributed by atoms with Crippen molar-refractivity contribution >= 4 is 22.8 Å². The fourth-order valence-corrected chi connectivity index (χ4v) is 1.82. The molecule has 0 radical (unpaired) electrons. The van der Waals surface area contributed by atoms with E-state index in [4.69, 9.17) is 14.6 Å². The zero-order valence-corrected chi connectivity index (χ0v) is 10.7. The molecule has 2 aromatic heterocycles. The molecule has 0 saturated heterocycles. The standard InChI is InChI=1S/C13H14N4O2/c1-7-6-15-12(18-7)8(2)16-13-17-10-4-3-9(14)5-11(10)19-13/h3-6,8H,14H2,1-2H3,(H,16,17). The van der Waals surface area contributed by atoms with Crippen LogP contribution in [0.5, 0.6) is 0 Å². The van der Waals surface area contributed by atoms with Crippen molar-refractivity contribution in [3.05, 3.63) is 36.0 Å². The van der Waals surface area contributed by atoms with Gasteiger partial charge in [0, 0.05) is 11.8 Å². The average molecular weight is 258 g/mol. The maximum absolute atomic E-state index is 5.70. The molecule has 6 heteroatoms. The molecule has 0 bridgehead atoms. The van der Waals surface area contributed by atoms with Crippen molar-refractivity contribution in [3.8, 4) is 0 Å². The molecule has 1 unspecified atom stereocenters. The molecule has 6 nitrogen and oxygen atoms in total. The van der Waals surface area contributed by atoms with Crippen LogP contribution in [-0.4, -0.2) is 9.97 Å². The van der Waals surface area contributed by atoms with E-state index >= 15 is 0 Å². The van der Waals surface area contributed by atoms with E-state index in [9.17, 15) is 0 Å². The van der Waals surface area contributed by atoms with E-state index in [2.05, 4.69) is 15.3 Å². The summed E-state index contributed by atoms with van der Waals surface area (Å²) in [5.41, 5.74) is 7.75. The number of rotatable bonds is 3. The highest BCUT2D eigenvalue weighted by molar-refractivity contribution is 5.78. The minimum absolute atomic E-state index is 0.126. The molecule has 0 aliphatic rings. The van der Waals surface area contributed by atoms with Crippen LogP contribution >= 0.6 is 0 Å². The van der Waals surface area contributed by atoms with E-state index < -0.39 is 0 Å². The molecular weight excluding hydrogens is 244 g/mol. The Balaban J connectivity index is 1.85. The number of fused-ring (bicyclic) bond motifs is 1. The van der Waals surface area contributed by atoms with Crippen molar-refractivity contribution in [1.29, 1.82) is 0 Å². The maximum atomic E-state index is 5.70. The summed E-state index contributed by atoms with van der Waals surface area (Å²) in [6.07, 6.45) is 1.68. The smallest absolute Gasteiger partial charge is 0.296 e. The Kier molecular flexibility index (Phi) is 2.63. The van der Waals surface area contributed by atoms with Crippen LogP contribution in [0.25, 0.3) is 11.1 Å². The first-order chi connectivity index (χ1) is 9.11. The number of oxazole rings is 2. The normalized spacial score (nSPS) is 12.7. The summed E-state index contributed by atoms with van der Waals surface area (Å²) in [6, 6.07) is 5.64. The topological polar surface area (TPSA) is 90.1 Å². The highest BCUT2D eigenvalue weighted by atomic mass is 16.4. The second-order valence-electron chi connectivity index (χ2n) is 4.42. The Morgan fingerprint density at radius 3 is 2.89 bits per heavy atom. The number of aromatic nitrogens is 2. The average Bonchev–Trinajstić information content (AvgIpc) is 2.94. The lowest BCUT2D eigenvalue weighted by molar-refractivity contribution is 0.448. The van der Waals surface area contributed by atoms with Gasteiger partial charge in [0.25, 0.3) is 6.01 Å². The summed E-state index contributed by atoms with van der Waals surface area (Å²) < 4.78 is 11.0. The fraction of sp³-hybridized carbons (Fsp3) is 0.231. The Bertz CT molecular complexity index is 716. The molecule has 0 spiro atoms. The minimum atomic E-state index is -0.126. The first-order valence-electron chi connectivity index (χ1n) is 5.97. The van der Waals surface area contributed by atoms with Gasteiger partial charge in [-0.15, -0.1) is 0 Å². The van der Waals surface area contributed by atoms with Crippen LogP contribution in [0.2, 0.25) is 0 Å². The molecule has 19 heavy (non-hydrogen) atoms. The molecule has 0 aliphatic carbocycles. The Morgan fingerprint density at radius 2 is 2.16 bits per heavy atom. The number of anilines is 2. The zero-order chi connectivity index (χ0) is 13.4. The number of nitrogens with one attached hydrogen (secondary N) is 1. The summed E-state index contributed by atoms with van der Waals surface area (Å²) in [6.45, 7) is 3.78. The van der Waals surface area contributed by atoms with E-state index in [-0.39, 0.29) is 6.04 Å². The SMILES string of the molecule is Cc1cnc(C(C)Nc2nc3ccc(N)cc3o2)o1. The quantitative estimate of drug-likeness (QED) is 0.702. The fourth-order valence-electron chi connectivity index (χ4n) is 1.82. The van der Waals surface area contributed by atoms with Gasteiger partial charge in [-0.1, -0.05) is 0 Å². The van der Waals surface area contributed by atoms with Crippen LogP contribution in [0.1, 0.15) is 24.6 Å². The number of nitrogens with zero attached hydrogens (tertiary/aromatic N) is 2. The molecule has 0 saturated carbocycles. The Labute approximate surface area is 109 Å². The van der Waals surface area contributed by atoms with E-state index in [1.54, 1.807) is 18.3 Å². The minimum Gasteiger partial charge on any atom is -0.444 e. The molecule has 2 heterocycles. The van der Waals surface area contributed by atoms with Gasteiger partial charge in [0.1, 0.15) is 17.3 Å². The number of hydrogen-bond donors (Lipinski definition) is 2. The van der Waals surface area contributed by atoms with Gasteiger partial charge in [0.15, 0.2) is 5.58 Å². The van der Waals surface area contributed by atoms with E-state index in [0.717, 1.165) is 11.3 Å². The molecule has 3 N–H and O–H groups in total. The second kappa shape index (κ2) is 4.31. The third kappa shape index (κ3) is 2.24. The number of hydrogen-bond acceptors (Lipinski definition) is 6. The van der Waals surface area contributed by atoms with Gasteiger partial charge in [-0.2, -0.15) is 4.98 Å². The van der Waals surface area contributed by atoms with Crippen molar-refractivity contribution in [2.45, 2.75) is 19.9 Å². The highest BCUT2D eigenvalue weighted by Gasteiger charge is 2.14. The molecule has 0 fully saturated rings. The number of nitrogen functional groups attached to an aromatic ring is 1. The van der Waals surface area contributed by atoms with Crippen LogP contribution < -0.4 is 11.1 Å². The third-order valence-corrected chi connectivity index (χ3v) is 2.76. The molecule has 0 aliphatic heterocycles. The molecule has 1 atom stereocenters. The van der Waals surface area contributed by atoms with Gasteiger partial charge in [-0.3, -0.25) is 0 Å². The molecule has 98 valence electrons. The van der Waals surface area contributed by atoms with Gasteiger partial charge in [0.2, 0.25) is 5.89 Å². The summed E-state index contributed by atoms with van der Waals surface area (Å²) in [4.78, 5) is 8.48. The third-order valence-electron chi connectivity index (χ3n) is 2.76. The van der Waals surface area contributed by atoms with Crippen LogP contribution in [0.4, 0.5) is 11.7 Å². The van der Waals surface area contributed by atoms with E-state index in [1.165, 1.54) is 0 Å². The maximum Gasteiger partial charge on any atom is 0.296 e. The molecule has 3 rings (SSSR count). The summed E-state index contributed by atoms with van der Waals surface area (Å²) in [5, 5.41) is 3.11. The van der Waals surface area contributed by atoms with Gasteiger partial charge in [-0.05, 0) is 26.0 Å². The molecular formula is C13H14N4O2. The van der Waals surface area contributed by atoms with Crippen molar-refractivity contribution in [2.75, 3.05) is 11.1 Å². The first-order valence-corrected chi connectivity index (χ1v) is 5.97. The van der Waals surface area contributed by atoms with Gasteiger partial charge in [-0.25, -0.2) is 4.98 Å². The monoisotopic (exact) mass is 258 g/mol. The lowest BCUT2D eigenvalue weighted by Gasteiger charge is -2.06. The zero-order valence-electron chi connectivity index (χ0n) is 10.7. The van der Waals surface area contributed by atoms with E-state index in [1.807, 2.05) is 19.9 Å². The first kappa shape index (κ1) is 11.6. The lowest BCUT2D eigenvalue weighted by Crippen LogP contribution is -2.06. The van der Waals surface area contributed by atoms with Crippen LogP contribution in [-0.2, 0) is 0 Å². The van der Waals surface area contributed by atoms with Crippen molar-refractivity contribution < 1.29 is 8.83 Å². The van der Waals surface area contributed by atoms with Gasteiger partial charge >= 0.3 is 0 Å². The summed E-state index contributed by atoms with van der Waals surface area (Å²) >= 11 is 0. The summed E-state index contributed by atoms with van der Waals surface area (Å²) in [5.74, 6) is 1.37. The highest BCUT2D eigenvalue weighted by Crippen LogP contribution is 2.24. The molecule has 1 aromatic carbocycles. The molecule has 0 amide bonds. The Hall–Kier alpha value is -2.50. The number of aryl methyl sites for hydroxylation is 1. The van der Waals surface area contributed by atoms with Crippen molar-refractivity contribution in [2.24, 2.45) is 0 Å². The molecule has 3 aromatic rings. The predicted molar refractivity (Wildman–Crippen MR) is 71.7 cm³/mol.